The Morgan fingerprint density at radius 1 is 1.08 bits per heavy atom. The number of fused-ring (bicyclic) bond motifs is 1. The van der Waals surface area contributed by atoms with E-state index in [4.69, 9.17) is 13.8 Å². The molecule has 2 aliphatic rings. The predicted molar refractivity (Wildman–Crippen MR) is 95.6 cm³/mol. The van der Waals surface area contributed by atoms with E-state index in [2.05, 4.69) is 4.99 Å². The van der Waals surface area contributed by atoms with E-state index in [1.54, 1.807) is 38.1 Å². The van der Waals surface area contributed by atoms with Gasteiger partial charge >= 0.3 is 7.60 Å². The number of hydrogen-bond donors (Lipinski definition) is 0. The highest BCUT2D eigenvalue weighted by molar-refractivity contribution is 7.54. The molecule has 1 saturated heterocycles. The first kappa shape index (κ1) is 18.8. The summed E-state index contributed by atoms with van der Waals surface area (Å²) < 4.78 is 28.9. The highest BCUT2D eigenvalue weighted by Gasteiger charge is 2.59. The van der Waals surface area contributed by atoms with Crippen molar-refractivity contribution in [2.45, 2.75) is 19.6 Å². The number of imide groups is 1. The van der Waals surface area contributed by atoms with E-state index in [0.717, 1.165) is 4.90 Å². The number of benzene rings is 1. The molecule has 1 aromatic carbocycles. The summed E-state index contributed by atoms with van der Waals surface area (Å²) in [6.45, 7) is 3.69. The lowest BCUT2D eigenvalue weighted by molar-refractivity contribution is -0.122. The molecule has 8 nitrogen and oxygen atoms in total. The minimum absolute atomic E-state index is 0.158. The maximum absolute atomic E-state index is 13.1. The van der Waals surface area contributed by atoms with Crippen LogP contribution in [0.4, 0.5) is 5.69 Å². The van der Waals surface area contributed by atoms with Gasteiger partial charge in [0, 0.05) is 6.21 Å². The largest absolute Gasteiger partial charge is 0.497 e. The van der Waals surface area contributed by atoms with Crippen LogP contribution in [-0.4, -0.2) is 44.1 Å². The topological polar surface area (TPSA) is 94.5 Å². The van der Waals surface area contributed by atoms with E-state index < -0.39 is 37.0 Å². The third-order valence-electron chi connectivity index (χ3n) is 4.39. The smallest absolute Gasteiger partial charge is 0.355 e. The summed E-state index contributed by atoms with van der Waals surface area (Å²) in [5.41, 5.74) is 0.435. The molecule has 3 rings (SSSR count). The Hall–Kier alpha value is -2.02. The van der Waals surface area contributed by atoms with Gasteiger partial charge < -0.3 is 13.8 Å². The SMILES string of the molecule is CCOP(=O)(OCC)C1N=CC2C(=O)N(c3ccc(OC)cc3)C(=O)C21. The first-order chi connectivity index (χ1) is 12.5. The lowest BCUT2D eigenvalue weighted by Crippen LogP contribution is -2.33. The van der Waals surface area contributed by atoms with Crippen LogP contribution >= 0.6 is 7.60 Å². The lowest BCUT2D eigenvalue weighted by atomic mass is 9.99. The Bertz CT molecular complexity index is 768. The summed E-state index contributed by atoms with van der Waals surface area (Å²) in [4.78, 5) is 31.0. The van der Waals surface area contributed by atoms with Gasteiger partial charge in [-0.2, -0.15) is 0 Å². The van der Waals surface area contributed by atoms with Crippen LogP contribution in [0.15, 0.2) is 29.3 Å². The second kappa shape index (κ2) is 7.31. The van der Waals surface area contributed by atoms with Gasteiger partial charge in [0.25, 0.3) is 0 Å². The number of carbonyl (C=O) groups excluding carboxylic acids is 2. The zero-order valence-corrected chi connectivity index (χ0v) is 15.7. The Morgan fingerprint density at radius 2 is 1.69 bits per heavy atom. The fourth-order valence-corrected chi connectivity index (χ4v) is 5.32. The number of carbonyl (C=O) groups is 2. The van der Waals surface area contributed by atoms with Gasteiger partial charge in [-0.15, -0.1) is 0 Å². The average Bonchev–Trinajstić information content (AvgIpc) is 3.17. The van der Waals surface area contributed by atoms with Crippen molar-refractivity contribution >= 4 is 31.3 Å². The normalized spacial score (nSPS) is 25.0. The molecule has 26 heavy (non-hydrogen) atoms. The van der Waals surface area contributed by atoms with Gasteiger partial charge in [-0.05, 0) is 38.1 Å². The molecular weight excluding hydrogens is 359 g/mol. The van der Waals surface area contributed by atoms with Crippen LogP contribution in [0.25, 0.3) is 0 Å². The molecule has 2 aliphatic heterocycles. The average molecular weight is 380 g/mol. The highest BCUT2D eigenvalue weighted by Crippen LogP contribution is 2.60. The molecule has 1 fully saturated rings. The molecule has 0 radical (unpaired) electrons. The molecule has 2 amide bonds. The first-order valence-electron chi connectivity index (χ1n) is 8.40. The third kappa shape index (κ3) is 2.98. The molecule has 3 unspecified atom stereocenters. The van der Waals surface area contributed by atoms with E-state index in [1.165, 1.54) is 13.3 Å². The number of nitrogens with zero attached hydrogens (tertiary/aromatic N) is 2. The van der Waals surface area contributed by atoms with Crippen LogP contribution in [0.3, 0.4) is 0 Å². The number of ether oxygens (including phenoxy) is 1. The molecule has 0 N–H and O–H groups in total. The van der Waals surface area contributed by atoms with Crippen LogP contribution in [-0.2, 0) is 23.2 Å². The molecule has 0 aromatic heterocycles. The fraction of sp³-hybridized carbons (Fsp3) is 0.471. The number of anilines is 1. The summed E-state index contributed by atoms with van der Waals surface area (Å²) >= 11 is 0. The van der Waals surface area contributed by atoms with E-state index in [-0.39, 0.29) is 13.2 Å². The number of aliphatic imine (C=N–C) groups is 1. The van der Waals surface area contributed by atoms with Crippen molar-refractivity contribution in [3.8, 4) is 5.75 Å². The quantitative estimate of drug-likeness (QED) is 0.533. The number of rotatable bonds is 7. The van der Waals surface area contributed by atoms with Gasteiger partial charge in [0.15, 0.2) is 5.78 Å². The summed E-state index contributed by atoms with van der Waals surface area (Å²) in [6.07, 6.45) is 1.39. The van der Waals surface area contributed by atoms with Gasteiger partial charge in [0.2, 0.25) is 11.8 Å². The standard InChI is InChI=1S/C17H21N2O6P/c1-4-24-26(22,25-5-2)15-14-13(10-18-15)16(20)19(17(14)21)11-6-8-12(23-3)9-7-11/h6-10,13-15H,4-5H2,1-3H3. The van der Waals surface area contributed by atoms with Crippen LogP contribution in [0.2, 0.25) is 0 Å². The molecule has 2 heterocycles. The van der Waals surface area contributed by atoms with Crippen molar-refractivity contribution in [1.82, 2.24) is 0 Å². The third-order valence-corrected chi connectivity index (χ3v) is 6.73. The van der Waals surface area contributed by atoms with Gasteiger partial charge in [0.05, 0.1) is 37.8 Å². The second-order valence-corrected chi connectivity index (χ2v) is 7.97. The van der Waals surface area contributed by atoms with Crippen molar-refractivity contribution in [3.05, 3.63) is 24.3 Å². The van der Waals surface area contributed by atoms with Crippen molar-refractivity contribution in [2.75, 3.05) is 25.2 Å². The van der Waals surface area contributed by atoms with E-state index in [0.29, 0.717) is 11.4 Å². The van der Waals surface area contributed by atoms with Gasteiger partial charge in [-0.25, -0.2) is 4.90 Å². The number of methoxy groups -OCH3 is 1. The summed E-state index contributed by atoms with van der Waals surface area (Å²) in [7, 11) is -2.12. The Balaban J connectivity index is 1.92. The van der Waals surface area contributed by atoms with E-state index >= 15 is 0 Å². The summed E-state index contributed by atoms with van der Waals surface area (Å²) in [5, 5.41) is 0. The summed E-state index contributed by atoms with van der Waals surface area (Å²) in [5.74, 6) is -2.88. The van der Waals surface area contributed by atoms with Crippen LogP contribution < -0.4 is 9.64 Å². The number of hydrogen-bond acceptors (Lipinski definition) is 7. The number of amides is 2. The molecule has 9 heteroatoms. The molecule has 0 spiro atoms. The lowest BCUT2D eigenvalue weighted by Gasteiger charge is -2.25. The molecule has 140 valence electrons. The Labute approximate surface area is 151 Å². The van der Waals surface area contributed by atoms with Crippen LogP contribution in [0, 0.1) is 11.8 Å². The van der Waals surface area contributed by atoms with E-state index in [9.17, 15) is 14.2 Å². The second-order valence-electron chi connectivity index (χ2n) is 5.85. The molecule has 0 bridgehead atoms. The predicted octanol–water partition coefficient (Wildman–Crippen LogP) is 2.48. The zero-order chi connectivity index (χ0) is 18.9. The molecular formula is C17H21N2O6P. The Morgan fingerprint density at radius 3 is 2.23 bits per heavy atom. The Kier molecular flexibility index (Phi) is 5.27. The van der Waals surface area contributed by atoms with Crippen molar-refractivity contribution in [3.63, 3.8) is 0 Å². The first-order valence-corrected chi connectivity index (χ1v) is 10.0. The maximum Gasteiger partial charge on any atom is 0.355 e. The minimum Gasteiger partial charge on any atom is -0.497 e. The summed E-state index contributed by atoms with van der Waals surface area (Å²) in [6, 6.07) is 6.60. The van der Waals surface area contributed by atoms with Gasteiger partial charge in [-0.3, -0.25) is 19.1 Å². The van der Waals surface area contributed by atoms with Gasteiger partial charge in [-0.1, -0.05) is 0 Å². The molecule has 0 aliphatic carbocycles. The van der Waals surface area contributed by atoms with Crippen molar-refractivity contribution in [2.24, 2.45) is 16.8 Å². The minimum atomic E-state index is -3.65. The van der Waals surface area contributed by atoms with Crippen molar-refractivity contribution in [1.29, 1.82) is 0 Å². The zero-order valence-electron chi connectivity index (χ0n) is 14.8. The monoisotopic (exact) mass is 380 g/mol. The van der Waals surface area contributed by atoms with Gasteiger partial charge in [0.1, 0.15) is 5.75 Å². The molecule has 0 saturated carbocycles. The maximum atomic E-state index is 13.1. The van der Waals surface area contributed by atoms with Crippen LogP contribution in [0.1, 0.15) is 13.8 Å². The molecule has 3 atom stereocenters. The van der Waals surface area contributed by atoms with E-state index in [1.807, 2.05) is 0 Å². The fourth-order valence-electron chi connectivity index (χ4n) is 3.27. The van der Waals surface area contributed by atoms with Crippen molar-refractivity contribution < 1.29 is 27.9 Å². The van der Waals surface area contributed by atoms with Crippen LogP contribution in [0.5, 0.6) is 5.75 Å². The highest BCUT2D eigenvalue weighted by atomic mass is 31.2. The molecule has 1 aromatic rings.